The minimum atomic E-state index is -0.512. The fourth-order valence-corrected chi connectivity index (χ4v) is 4.14. The second-order valence-corrected chi connectivity index (χ2v) is 8.06. The Bertz CT molecular complexity index is 888. The van der Waals surface area contributed by atoms with Gasteiger partial charge in [0, 0.05) is 28.4 Å². The molecule has 2 amide bonds. The van der Waals surface area contributed by atoms with E-state index in [9.17, 15) is 9.59 Å². The fraction of sp³-hybridized carbons (Fsp3) is 0.333. The molecule has 3 rings (SSSR count). The average Bonchev–Trinajstić information content (AvgIpc) is 3.20. The standard InChI is InChI=1S/C17H17Cl2N3O2S.CH2O2/c1-9(22-7-3-4-14(22)23)16(24)21-17-20-15(10(2)25-17)12-6-5-11(18)8-13(12)19;2-1-3/h5-6,8-9H,3-4,7H2,1-2H3,(H,20,21,24);1H,(H,2,3). The molecule has 2 heterocycles. The zero-order valence-corrected chi connectivity index (χ0v) is 17.6. The van der Waals surface area contributed by atoms with Crippen LogP contribution in [0.15, 0.2) is 18.2 Å². The number of halogens is 2. The van der Waals surface area contributed by atoms with Gasteiger partial charge in [-0.05, 0) is 38.5 Å². The first-order chi connectivity index (χ1) is 13.3. The molecule has 1 aliphatic heterocycles. The molecule has 0 aliphatic carbocycles. The normalized spacial score (nSPS) is 14.3. The molecule has 2 aromatic rings. The van der Waals surface area contributed by atoms with Crippen LogP contribution < -0.4 is 5.32 Å². The molecule has 2 N–H and O–H groups in total. The van der Waals surface area contributed by atoms with Gasteiger partial charge in [0.25, 0.3) is 6.47 Å². The minimum Gasteiger partial charge on any atom is -0.483 e. The van der Waals surface area contributed by atoms with Gasteiger partial charge in [0.1, 0.15) is 6.04 Å². The van der Waals surface area contributed by atoms with E-state index in [1.165, 1.54) is 11.3 Å². The number of carbonyl (C=O) groups is 3. The number of aryl methyl sites for hydroxylation is 1. The van der Waals surface area contributed by atoms with Gasteiger partial charge < -0.3 is 15.3 Å². The smallest absolute Gasteiger partial charge is 0.290 e. The molecule has 0 spiro atoms. The molecule has 0 saturated carbocycles. The molecular weight excluding hydrogens is 425 g/mol. The second kappa shape index (κ2) is 9.86. The Morgan fingerprint density at radius 3 is 2.68 bits per heavy atom. The molecule has 1 aromatic heterocycles. The highest BCUT2D eigenvalue weighted by Crippen LogP contribution is 2.35. The largest absolute Gasteiger partial charge is 0.483 e. The Hall–Kier alpha value is -2.16. The summed E-state index contributed by atoms with van der Waals surface area (Å²) in [6.45, 7) is 4.02. The molecular formula is C18H19Cl2N3O4S. The maximum absolute atomic E-state index is 12.4. The number of benzene rings is 1. The van der Waals surface area contributed by atoms with Crippen LogP contribution in [-0.2, 0) is 14.4 Å². The van der Waals surface area contributed by atoms with E-state index in [1.807, 2.05) is 13.0 Å². The van der Waals surface area contributed by atoms with Gasteiger partial charge in [0.05, 0.1) is 10.7 Å². The van der Waals surface area contributed by atoms with Gasteiger partial charge in [0.15, 0.2) is 5.13 Å². The molecule has 1 saturated heterocycles. The predicted octanol–water partition coefficient (Wildman–Crippen LogP) is 4.08. The number of carbonyl (C=O) groups excluding carboxylic acids is 2. The van der Waals surface area contributed by atoms with Gasteiger partial charge in [-0.15, -0.1) is 11.3 Å². The number of nitrogens with zero attached hydrogens (tertiary/aromatic N) is 2. The van der Waals surface area contributed by atoms with Crippen molar-refractivity contribution in [2.45, 2.75) is 32.7 Å². The molecule has 1 aliphatic rings. The first kappa shape index (κ1) is 22.1. The van der Waals surface area contributed by atoms with Crippen molar-refractivity contribution in [1.82, 2.24) is 9.88 Å². The maximum atomic E-state index is 12.4. The van der Waals surface area contributed by atoms with E-state index in [1.54, 1.807) is 24.0 Å². The van der Waals surface area contributed by atoms with Crippen molar-refractivity contribution >= 4 is 58.0 Å². The van der Waals surface area contributed by atoms with Gasteiger partial charge in [-0.2, -0.15) is 0 Å². The van der Waals surface area contributed by atoms with Crippen molar-refractivity contribution in [3.8, 4) is 11.3 Å². The summed E-state index contributed by atoms with van der Waals surface area (Å²) in [5.41, 5.74) is 1.48. The molecule has 0 bridgehead atoms. The molecule has 1 fully saturated rings. The molecule has 28 heavy (non-hydrogen) atoms. The number of rotatable bonds is 4. The highest BCUT2D eigenvalue weighted by atomic mass is 35.5. The van der Waals surface area contributed by atoms with E-state index >= 15 is 0 Å². The van der Waals surface area contributed by atoms with Crippen molar-refractivity contribution in [2.24, 2.45) is 0 Å². The van der Waals surface area contributed by atoms with E-state index in [0.717, 1.165) is 16.9 Å². The number of carboxylic acid groups (broad SMARTS) is 1. The number of hydrogen-bond donors (Lipinski definition) is 2. The van der Waals surface area contributed by atoms with Crippen LogP contribution in [0.2, 0.25) is 10.0 Å². The molecule has 7 nitrogen and oxygen atoms in total. The quantitative estimate of drug-likeness (QED) is 0.693. The van der Waals surface area contributed by atoms with Crippen LogP contribution >= 0.6 is 34.5 Å². The lowest BCUT2D eigenvalue weighted by Crippen LogP contribution is -2.42. The highest BCUT2D eigenvalue weighted by Gasteiger charge is 2.30. The van der Waals surface area contributed by atoms with Gasteiger partial charge in [-0.1, -0.05) is 23.2 Å². The third-order valence-electron chi connectivity index (χ3n) is 4.17. The first-order valence-corrected chi connectivity index (χ1v) is 9.96. The summed E-state index contributed by atoms with van der Waals surface area (Å²) >= 11 is 13.6. The van der Waals surface area contributed by atoms with E-state index in [2.05, 4.69) is 10.3 Å². The predicted molar refractivity (Wildman–Crippen MR) is 110 cm³/mol. The van der Waals surface area contributed by atoms with Crippen molar-refractivity contribution in [1.29, 1.82) is 0 Å². The lowest BCUT2D eigenvalue weighted by Gasteiger charge is -2.22. The Balaban J connectivity index is 0.000000878. The number of anilines is 1. The summed E-state index contributed by atoms with van der Waals surface area (Å²) in [5, 5.41) is 11.2. The zero-order valence-electron chi connectivity index (χ0n) is 15.2. The highest BCUT2D eigenvalue weighted by molar-refractivity contribution is 7.16. The third kappa shape index (κ3) is 5.21. The van der Waals surface area contributed by atoms with Crippen LogP contribution in [0.4, 0.5) is 5.13 Å². The lowest BCUT2D eigenvalue weighted by molar-refractivity contribution is -0.134. The average molecular weight is 444 g/mol. The Morgan fingerprint density at radius 2 is 2.11 bits per heavy atom. The zero-order chi connectivity index (χ0) is 20.8. The first-order valence-electron chi connectivity index (χ1n) is 8.39. The molecule has 0 radical (unpaired) electrons. The molecule has 10 heteroatoms. The third-order valence-corrected chi connectivity index (χ3v) is 5.60. The van der Waals surface area contributed by atoms with E-state index in [-0.39, 0.29) is 18.3 Å². The SMILES string of the molecule is Cc1sc(NC(=O)C(C)N2CCCC2=O)nc1-c1ccc(Cl)cc1Cl.O=CO. The van der Waals surface area contributed by atoms with Crippen LogP contribution in [0.5, 0.6) is 0 Å². The van der Waals surface area contributed by atoms with Crippen LogP contribution in [0.3, 0.4) is 0 Å². The van der Waals surface area contributed by atoms with Crippen molar-refractivity contribution in [3.05, 3.63) is 33.1 Å². The number of hydrogen-bond acceptors (Lipinski definition) is 5. The minimum absolute atomic E-state index is 0.0200. The number of aromatic nitrogens is 1. The Labute approximate surface area is 176 Å². The van der Waals surface area contributed by atoms with Crippen LogP contribution in [0, 0.1) is 6.92 Å². The Morgan fingerprint density at radius 1 is 1.43 bits per heavy atom. The number of amides is 2. The summed E-state index contributed by atoms with van der Waals surface area (Å²) in [6.07, 6.45) is 1.30. The molecule has 1 aromatic carbocycles. The molecule has 150 valence electrons. The summed E-state index contributed by atoms with van der Waals surface area (Å²) in [4.78, 5) is 39.6. The summed E-state index contributed by atoms with van der Waals surface area (Å²) in [6, 6.07) is 4.71. The molecule has 1 atom stereocenters. The van der Waals surface area contributed by atoms with Gasteiger partial charge >= 0.3 is 0 Å². The number of likely N-dealkylation sites (tertiary alicyclic amines) is 1. The van der Waals surface area contributed by atoms with Crippen molar-refractivity contribution in [2.75, 3.05) is 11.9 Å². The lowest BCUT2D eigenvalue weighted by atomic mass is 10.1. The summed E-state index contributed by atoms with van der Waals surface area (Å²) in [5.74, 6) is -0.218. The van der Waals surface area contributed by atoms with Crippen LogP contribution in [0.25, 0.3) is 11.3 Å². The number of nitrogens with one attached hydrogen (secondary N) is 1. The summed E-state index contributed by atoms with van der Waals surface area (Å²) < 4.78 is 0. The topological polar surface area (TPSA) is 99.6 Å². The summed E-state index contributed by atoms with van der Waals surface area (Å²) in [7, 11) is 0. The number of thiazole rings is 1. The fourth-order valence-electron chi connectivity index (χ4n) is 2.81. The van der Waals surface area contributed by atoms with Gasteiger partial charge in [-0.3, -0.25) is 14.4 Å². The monoisotopic (exact) mass is 443 g/mol. The van der Waals surface area contributed by atoms with E-state index in [4.69, 9.17) is 33.1 Å². The van der Waals surface area contributed by atoms with Crippen molar-refractivity contribution < 1.29 is 19.5 Å². The van der Waals surface area contributed by atoms with Crippen molar-refractivity contribution in [3.63, 3.8) is 0 Å². The van der Waals surface area contributed by atoms with E-state index < -0.39 is 6.04 Å². The maximum Gasteiger partial charge on any atom is 0.290 e. The van der Waals surface area contributed by atoms with Gasteiger partial charge in [-0.25, -0.2) is 4.98 Å². The van der Waals surface area contributed by atoms with Gasteiger partial charge in [0.2, 0.25) is 11.8 Å². The second-order valence-electron chi connectivity index (χ2n) is 6.01. The van der Waals surface area contributed by atoms with Crippen LogP contribution in [-0.4, -0.2) is 45.9 Å². The van der Waals surface area contributed by atoms with Crippen LogP contribution in [0.1, 0.15) is 24.6 Å². The van der Waals surface area contributed by atoms with E-state index in [0.29, 0.717) is 33.8 Å². The molecule has 1 unspecified atom stereocenters. The Kier molecular flexibility index (Phi) is 7.79.